The maximum atomic E-state index is 12.3. The lowest BCUT2D eigenvalue weighted by Crippen LogP contribution is -2.16. The Balaban J connectivity index is 2.83. The van der Waals surface area contributed by atoms with Crippen LogP contribution in [0.1, 0.15) is 26.7 Å². The number of rotatable bonds is 1. The molecule has 0 aliphatic heterocycles. The van der Waals surface area contributed by atoms with Crippen molar-refractivity contribution in [3.05, 3.63) is 23.3 Å². The zero-order chi connectivity index (χ0) is 10.1. The third-order valence-electron chi connectivity index (χ3n) is 2.37. The van der Waals surface area contributed by atoms with Gasteiger partial charge >= 0.3 is 6.18 Å². The van der Waals surface area contributed by atoms with Crippen molar-refractivity contribution in [3.8, 4) is 0 Å². The van der Waals surface area contributed by atoms with Gasteiger partial charge in [0.1, 0.15) is 0 Å². The summed E-state index contributed by atoms with van der Waals surface area (Å²) in [7, 11) is 0. The summed E-state index contributed by atoms with van der Waals surface area (Å²) in [6, 6.07) is 0. The van der Waals surface area contributed by atoms with Crippen molar-refractivity contribution < 1.29 is 13.2 Å². The molecule has 0 N–H and O–H groups in total. The van der Waals surface area contributed by atoms with Crippen LogP contribution in [0.5, 0.6) is 0 Å². The molecule has 13 heavy (non-hydrogen) atoms. The van der Waals surface area contributed by atoms with Gasteiger partial charge < -0.3 is 0 Å². The SMILES string of the molecule is CCC1C=C(C)C(C(F)(F)F)=CC1. The first-order chi connectivity index (χ1) is 5.95. The van der Waals surface area contributed by atoms with E-state index in [2.05, 4.69) is 0 Å². The summed E-state index contributed by atoms with van der Waals surface area (Å²) in [5.41, 5.74) is -0.0946. The van der Waals surface area contributed by atoms with Gasteiger partial charge in [-0.05, 0) is 31.3 Å². The number of allylic oxidation sites excluding steroid dienone is 4. The van der Waals surface area contributed by atoms with E-state index in [-0.39, 0.29) is 5.92 Å². The van der Waals surface area contributed by atoms with Crippen molar-refractivity contribution in [2.75, 3.05) is 0 Å². The minimum absolute atomic E-state index is 0.283. The fraction of sp³-hybridized carbons (Fsp3) is 0.600. The molecule has 1 unspecified atom stereocenters. The Morgan fingerprint density at radius 2 is 2.08 bits per heavy atom. The Morgan fingerprint density at radius 3 is 2.46 bits per heavy atom. The minimum atomic E-state index is -4.18. The molecule has 0 aromatic heterocycles. The lowest BCUT2D eigenvalue weighted by molar-refractivity contribution is -0.0899. The van der Waals surface area contributed by atoms with Gasteiger partial charge in [0, 0.05) is 0 Å². The van der Waals surface area contributed by atoms with Gasteiger partial charge in [-0.1, -0.05) is 19.1 Å². The molecule has 1 aliphatic carbocycles. The Bertz CT molecular complexity index is 245. The van der Waals surface area contributed by atoms with Gasteiger partial charge in [-0.3, -0.25) is 0 Å². The Hall–Kier alpha value is -0.730. The molecule has 1 rings (SSSR count). The van der Waals surface area contributed by atoms with Crippen LogP contribution in [-0.2, 0) is 0 Å². The molecule has 0 aromatic carbocycles. The summed E-state index contributed by atoms with van der Waals surface area (Å²) in [5, 5.41) is 0. The lowest BCUT2D eigenvalue weighted by atomic mass is 9.89. The number of halogens is 3. The highest BCUT2D eigenvalue weighted by Gasteiger charge is 2.35. The normalized spacial score (nSPS) is 23.9. The largest absolute Gasteiger partial charge is 0.416 e. The monoisotopic (exact) mass is 190 g/mol. The molecular formula is C10H13F3. The molecule has 1 atom stereocenters. The van der Waals surface area contributed by atoms with Crippen molar-refractivity contribution in [2.45, 2.75) is 32.9 Å². The first-order valence-electron chi connectivity index (χ1n) is 4.41. The molecule has 3 heteroatoms. The van der Waals surface area contributed by atoms with Crippen molar-refractivity contribution in [1.82, 2.24) is 0 Å². The smallest absolute Gasteiger partial charge is 0.166 e. The molecule has 0 heterocycles. The fourth-order valence-corrected chi connectivity index (χ4v) is 1.57. The summed E-state index contributed by atoms with van der Waals surface area (Å²) >= 11 is 0. The molecule has 0 aromatic rings. The van der Waals surface area contributed by atoms with Gasteiger partial charge in [0.25, 0.3) is 0 Å². The third kappa shape index (κ3) is 2.36. The molecule has 0 amide bonds. The molecule has 74 valence electrons. The van der Waals surface area contributed by atoms with E-state index in [9.17, 15) is 13.2 Å². The Morgan fingerprint density at radius 1 is 1.46 bits per heavy atom. The third-order valence-corrected chi connectivity index (χ3v) is 2.37. The second kappa shape index (κ2) is 3.56. The van der Waals surface area contributed by atoms with Crippen LogP contribution in [-0.4, -0.2) is 6.18 Å². The second-order valence-electron chi connectivity index (χ2n) is 3.37. The quantitative estimate of drug-likeness (QED) is 0.589. The van der Waals surface area contributed by atoms with Crippen LogP contribution in [0, 0.1) is 5.92 Å². The van der Waals surface area contributed by atoms with Gasteiger partial charge in [0.05, 0.1) is 5.57 Å². The zero-order valence-electron chi connectivity index (χ0n) is 7.78. The molecule has 0 radical (unpaired) electrons. The predicted octanol–water partition coefficient (Wildman–Crippen LogP) is 3.85. The van der Waals surface area contributed by atoms with Crippen molar-refractivity contribution in [1.29, 1.82) is 0 Å². The average molecular weight is 190 g/mol. The summed E-state index contributed by atoms with van der Waals surface area (Å²) in [6.07, 6.45) is 0.271. The summed E-state index contributed by atoms with van der Waals surface area (Å²) in [6.45, 7) is 3.52. The number of hydrogen-bond donors (Lipinski definition) is 0. The van der Waals surface area contributed by atoms with E-state index in [4.69, 9.17) is 0 Å². The minimum Gasteiger partial charge on any atom is -0.166 e. The van der Waals surface area contributed by atoms with Gasteiger partial charge in [-0.25, -0.2) is 0 Å². The summed E-state index contributed by atoms with van der Waals surface area (Å²) < 4.78 is 36.9. The maximum Gasteiger partial charge on any atom is 0.416 e. The van der Waals surface area contributed by atoms with Crippen LogP contribution < -0.4 is 0 Å². The van der Waals surface area contributed by atoms with E-state index in [1.165, 1.54) is 13.0 Å². The van der Waals surface area contributed by atoms with E-state index in [1.54, 1.807) is 6.08 Å². The first-order valence-corrected chi connectivity index (χ1v) is 4.41. The van der Waals surface area contributed by atoms with E-state index >= 15 is 0 Å². The molecule has 1 aliphatic rings. The molecule has 0 fully saturated rings. The molecular weight excluding hydrogens is 177 g/mol. The predicted molar refractivity (Wildman–Crippen MR) is 46.3 cm³/mol. The first kappa shape index (κ1) is 10.4. The standard InChI is InChI=1S/C10H13F3/c1-3-8-4-5-9(7(2)6-8)10(11,12)13/h5-6,8H,3-4H2,1-2H3. The van der Waals surface area contributed by atoms with Crippen molar-refractivity contribution >= 4 is 0 Å². The van der Waals surface area contributed by atoms with Crippen LogP contribution >= 0.6 is 0 Å². The summed E-state index contributed by atoms with van der Waals surface area (Å²) in [4.78, 5) is 0. The lowest BCUT2D eigenvalue weighted by Gasteiger charge is -2.20. The Labute approximate surface area is 76.1 Å². The topological polar surface area (TPSA) is 0 Å². The molecule has 0 spiro atoms. The van der Waals surface area contributed by atoms with E-state index < -0.39 is 11.7 Å². The van der Waals surface area contributed by atoms with Gasteiger partial charge in [0.15, 0.2) is 0 Å². The van der Waals surface area contributed by atoms with Crippen molar-refractivity contribution in [2.24, 2.45) is 5.92 Å². The highest BCUT2D eigenvalue weighted by molar-refractivity contribution is 5.36. The molecule has 0 nitrogen and oxygen atoms in total. The Kier molecular flexibility index (Phi) is 2.84. The van der Waals surface area contributed by atoms with Crippen LogP contribution in [0.2, 0.25) is 0 Å². The van der Waals surface area contributed by atoms with Gasteiger partial charge in [-0.2, -0.15) is 13.2 Å². The fourth-order valence-electron chi connectivity index (χ4n) is 1.57. The molecule has 0 bridgehead atoms. The van der Waals surface area contributed by atoms with E-state index in [0.29, 0.717) is 12.0 Å². The average Bonchev–Trinajstić information content (AvgIpc) is 2.01. The van der Waals surface area contributed by atoms with Crippen molar-refractivity contribution in [3.63, 3.8) is 0 Å². The highest BCUT2D eigenvalue weighted by Crippen LogP contribution is 2.35. The van der Waals surface area contributed by atoms with Gasteiger partial charge in [-0.15, -0.1) is 0 Å². The van der Waals surface area contributed by atoms with Crippen LogP contribution in [0.4, 0.5) is 13.2 Å². The highest BCUT2D eigenvalue weighted by atomic mass is 19.4. The second-order valence-corrected chi connectivity index (χ2v) is 3.37. The van der Waals surface area contributed by atoms with Gasteiger partial charge in [0.2, 0.25) is 0 Å². The van der Waals surface area contributed by atoms with Crippen LogP contribution in [0.3, 0.4) is 0 Å². The summed E-state index contributed by atoms with van der Waals surface area (Å²) in [5.74, 6) is 0.283. The van der Waals surface area contributed by atoms with Crippen LogP contribution in [0.25, 0.3) is 0 Å². The molecule has 0 saturated carbocycles. The number of hydrogen-bond acceptors (Lipinski definition) is 0. The zero-order valence-corrected chi connectivity index (χ0v) is 7.78. The van der Waals surface area contributed by atoms with Crippen LogP contribution in [0.15, 0.2) is 23.3 Å². The van der Waals surface area contributed by atoms with E-state index in [1.807, 2.05) is 6.92 Å². The van der Waals surface area contributed by atoms with E-state index in [0.717, 1.165) is 6.42 Å². The maximum absolute atomic E-state index is 12.3. The molecule has 0 saturated heterocycles. The number of alkyl halides is 3.